The molecule has 0 spiro atoms. The van der Waals surface area contributed by atoms with Crippen LogP contribution < -0.4 is 10.1 Å². The molecule has 1 amide bonds. The second-order valence-electron chi connectivity index (χ2n) is 5.46. The van der Waals surface area contributed by atoms with E-state index in [1.165, 1.54) is 25.4 Å². The summed E-state index contributed by atoms with van der Waals surface area (Å²) in [5, 5.41) is 6.21. The van der Waals surface area contributed by atoms with Gasteiger partial charge in [0, 0.05) is 24.3 Å². The van der Waals surface area contributed by atoms with Gasteiger partial charge in [0.1, 0.15) is 5.75 Å². The van der Waals surface area contributed by atoms with Crippen molar-refractivity contribution in [1.82, 2.24) is 14.8 Å². The Morgan fingerprint density at radius 2 is 1.89 bits per heavy atom. The number of hydrogen-bond donors (Lipinski definition) is 1. The summed E-state index contributed by atoms with van der Waals surface area (Å²) in [4.78, 5) is 16.2. The lowest BCUT2D eigenvalue weighted by molar-refractivity contribution is -0.141. The minimum Gasteiger partial charge on any atom is -0.439 e. The number of halogens is 4. The maximum Gasteiger partial charge on any atom is 0.435 e. The lowest BCUT2D eigenvalue weighted by Crippen LogP contribution is -2.17. The van der Waals surface area contributed by atoms with Gasteiger partial charge in [-0.3, -0.25) is 9.48 Å². The Morgan fingerprint density at radius 3 is 2.48 bits per heavy atom. The molecule has 0 aliphatic carbocycles. The van der Waals surface area contributed by atoms with Crippen molar-refractivity contribution in [3.63, 3.8) is 0 Å². The Hall–Kier alpha value is -3.07. The highest BCUT2D eigenvalue weighted by Gasteiger charge is 2.39. The van der Waals surface area contributed by atoms with Crippen molar-refractivity contribution in [2.45, 2.75) is 6.18 Å². The number of alkyl halides is 3. The molecule has 3 rings (SSSR count). The van der Waals surface area contributed by atoms with Gasteiger partial charge in [0.05, 0.1) is 17.4 Å². The third-order valence-electron chi connectivity index (χ3n) is 3.37. The summed E-state index contributed by atoms with van der Waals surface area (Å²) >= 11 is 5.79. The number of amides is 1. The molecule has 0 aliphatic heterocycles. The van der Waals surface area contributed by atoms with E-state index in [0.29, 0.717) is 10.8 Å². The highest BCUT2D eigenvalue weighted by Crippen LogP contribution is 2.31. The summed E-state index contributed by atoms with van der Waals surface area (Å²) in [5.74, 6) is -0.190. The van der Waals surface area contributed by atoms with Crippen LogP contribution in [0.4, 0.5) is 18.9 Å². The molecule has 1 aromatic carbocycles. The third-order valence-corrected chi connectivity index (χ3v) is 3.62. The van der Waals surface area contributed by atoms with Gasteiger partial charge in [-0.05, 0) is 30.3 Å². The Morgan fingerprint density at radius 1 is 1.19 bits per heavy atom. The molecule has 0 radical (unpaired) electrons. The molecular formula is C17H12ClF3N4O2. The minimum absolute atomic E-state index is 0.209. The fourth-order valence-corrected chi connectivity index (χ4v) is 2.33. The summed E-state index contributed by atoms with van der Waals surface area (Å²) in [6.07, 6.45) is -2.46. The number of anilines is 1. The number of aromatic nitrogens is 3. The first kappa shape index (κ1) is 18.7. The lowest BCUT2D eigenvalue weighted by atomic mass is 10.2. The number of aryl methyl sites for hydroxylation is 1. The van der Waals surface area contributed by atoms with Crippen molar-refractivity contribution in [2.24, 2.45) is 7.05 Å². The number of carbonyl (C=O) groups is 1. The van der Waals surface area contributed by atoms with Gasteiger partial charge in [-0.25, -0.2) is 4.98 Å². The molecule has 6 nitrogen and oxygen atoms in total. The molecule has 10 heteroatoms. The van der Waals surface area contributed by atoms with Crippen molar-refractivity contribution >= 4 is 23.2 Å². The van der Waals surface area contributed by atoms with Crippen molar-refractivity contribution in [3.8, 4) is 11.6 Å². The number of nitrogens with one attached hydrogen (secondary N) is 1. The average Bonchev–Trinajstić information content (AvgIpc) is 3.01. The quantitative estimate of drug-likeness (QED) is 0.703. The first-order valence-corrected chi connectivity index (χ1v) is 7.92. The number of hydrogen-bond acceptors (Lipinski definition) is 4. The van der Waals surface area contributed by atoms with Crippen molar-refractivity contribution in [3.05, 3.63) is 65.1 Å². The topological polar surface area (TPSA) is 69.0 Å². The van der Waals surface area contributed by atoms with Gasteiger partial charge < -0.3 is 10.1 Å². The zero-order valence-electron chi connectivity index (χ0n) is 13.8. The van der Waals surface area contributed by atoms with E-state index in [4.69, 9.17) is 16.3 Å². The zero-order chi connectivity index (χ0) is 19.6. The van der Waals surface area contributed by atoms with E-state index < -0.39 is 23.3 Å². The first-order chi connectivity index (χ1) is 12.7. The van der Waals surface area contributed by atoms with E-state index in [9.17, 15) is 18.0 Å². The first-order valence-electron chi connectivity index (χ1n) is 7.54. The Bertz CT molecular complexity index is 954. The predicted octanol–water partition coefficient (Wildman–Crippen LogP) is 4.53. The van der Waals surface area contributed by atoms with Crippen LogP contribution in [0.15, 0.2) is 48.8 Å². The SMILES string of the molecule is Cn1cc(C(=O)Nc2ccc(Oc3ccc(Cl)cc3)nc2)c(C(F)(F)F)n1. The summed E-state index contributed by atoms with van der Waals surface area (Å²) < 4.78 is 45.3. The van der Waals surface area contributed by atoms with E-state index in [2.05, 4.69) is 15.4 Å². The summed E-state index contributed by atoms with van der Waals surface area (Å²) in [6.45, 7) is 0. The van der Waals surface area contributed by atoms with Gasteiger partial charge in [0.2, 0.25) is 5.88 Å². The number of pyridine rings is 1. The van der Waals surface area contributed by atoms with Gasteiger partial charge in [0.15, 0.2) is 5.69 Å². The molecule has 27 heavy (non-hydrogen) atoms. The smallest absolute Gasteiger partial charge is 0.435 e. The Labute approximate surface area is 156 Å². The molecule has 140 valence electrons. The van der Waals surface area contributed by atoms with E-state index in [1.54, 1.807) is 24.3 Å². The highest BCUT2D eigenvalue weighted by molar-refractivity contribution is 6.30. The molecule has 0 saturated heterocycles. The standard InChI is InChI=1S/C17H12ClF3N4O2/c1-25-9-13(15(24-25)17(19,20)21)16(26)23-11-4-7-14(22-8-11)27-12-5-2-10(18)3-6-12/h2-9H,1H3,(H,23,26). The second kappa shape index (κ2) is 7.28. The predicted molar refractivity (Wildman–Crippen MR) is 91.9 cm³/mol. The molecule has 2 heterocycles. The molecule has 0 bridgehead atoms. The van der Waals surface area contributed by atoms with Crippen LogP contribution in [0.2, 0.25) is 5.02 Å². The largest absolute Gasteiger partial charge is 0.439 e. The molecule has 0 aliphatic rings. The fourth-order valence-electron chi connectivity index (χ4n) is 2.20. The molecule has 1 N–H and O–H groups in total. The number of ether oxygens (including phenoxy) is 1. The van der Waals surface area contributed by atoms with E-state index in [-0.39, 0.29) is 11.6 Å². The van der Waals surface area contributed by atoms with E-state index >= 15 is 0 Å². The maximum atomic E-state index is 13.0. The van der Waals surface area contributed by atoms with Gasteiger partial charge in [-0.15, -0.1) is 0 Å². The molecule has 0 fully saturated rings. The number of carbonyl (C=O) groups excluding carboxylic acids is 1. The van der Waals surface area contributed by atoms with Crippen molar-refractivity contribution in [2.75, 3.05) is 5.32 Å². The van der Waals surface area contributed by atoms with Gasteiger partial charge >= 0.3 is 6.18 Å². The molecular weight excluding hydrogens is 385 g/mol. The van der Waals surface area contributed by atoms with Crippen LogP contribution in [-0.4, -0.2) is 20.7 Å². The number of rotatable bonds is 4. The number of nitrogens with zero attached hydrogens (tertiary/aromatic N) is 3. The van der Waals surface area contributed by atoms with Crippen LogP contribution in [0, 0.1) is 0 Å². The van der Waals surface area contributed by atoms with Crippen LogP contribution in [0.5, 0.6) is 11.6 Å². The van der Waals surface area contributed by atoms with Crippen LogP contribution in [0.25, 0.3) is 0 Å². The highest BCUT2D eigenvalue weighted by atomic mass is 35.5. The van der Waals surface area contributed by atoms with Crippen LogP contribution in [-0.2, 0) is 13.2 Å². The van der Waals surface area contributed by atoms with Crippen molar-refractivity contribution < 1.29 is 22.7 Å². The van der Waals surface area contributed by atoms with Crippen LogP contribution in [0.1, 0.15) is 16.1 Å². The Kier molecular flexibility index (Phi) is 5.04. The lowest BCUT2D eigenvalue weighted by Gasteiger charge is -2.08. The molecule has 0 unspecified atom stereocenters. The average molecular weight is 397 g/mol. The zero-order valence-corrected chi connectivity index (χ0v) is 14.5. The monoisotopic (exact) mass is 396 g/mol. The molecule has 0 atom stereocenters. The fraction of sp³-hybridized carbons (Fsp3) is 0.118. The van der Waals surface area contributed by atoms with Crippen LogP contribution in [0.3, 0.4) is 0 Å². The second-order valence-corrected chi connectivity index (χ2v) is 5.89. The van der Waals surface area contributed by atoms with Gasteiger partial charge in [-0.1, -0.05) is 11.6 Å². The maximum absolute atomic E-state index is 13.0. The third kappa shape index (κ3) is 4.56. The van der Waals surface area contributed by atoms with E-state index in [0.717, 1.165) is 10.9 Å². The molecule has 3 aromatic rings. The minimum atomic E-state index is -4.73. The van der Waals surface area contributed by atoms with E-state index in [1.807, 2.05) is 0 Å². The summed E-state index contributed by atoms with van der Waals surface area (Å²) in [7, 11) is 1.30. The van der Waals surface area contributed by atoms with Crippen molar-refractivity contribution in [1.29, 1.82) is 0 Å². The molecule has 2 aromatic heterocycles. The van der Waals surface area contributed by atoms with Gasteiger partial charge in [0.25, 0.3) is 5.91 Å². The van der Waals surface area contributed by atoms with Crippen LogP contribution >= 0.6 is 11.6 Å². The Balaban J connectivity index is 1.71. The number of benzene rings is 1. The van der Waals surface area contributed by atoms with Gasteiger partial charge in [-0.2, -0.15) is 18.3 Å². The summed E-state index contributed by atoms with van der Waals surface area (Å²) in [6, 6.07) is 9.54. The molecule has 0 saturated carbocycles. The normalized spacial score (nSPS) is 11.3. The summed E-state index contributed by atoms with van der Waals surface area (Å²) in [5.41, 5.74) is -1.62.